The summed E-state index contributed by atoms with van der Waals surface area (Å²) < 4.78 is 0. The zero-order valence-corrected chi connectivity index (χ0v) is 15.1. The Hall–Kier alpha value is -2.92. The number of nitrogens with one attached hydrogen (secondary N) is 2. The second-order valence-electron chi connectivity index (χ2n) is 5.94. The second kappa shape index (κ2) is 8.45. The first-order chi connectivity index (χ1) is 12.6. The van der Waals surface area contributed by atoms with E-state index in [2.05, 4.69) is 20.6 Å². The topological polar surface area (TPSA) is 66.9 Å². The first kappa shape index (κ1) is 17.9. The average molecular weight is 367 g/mol. The van der Waals surface area contributed by atoms with E-state index < -0.39 is 0 Å². The molecule has 2 N–H and O–H groups in total. The van der Waals surface area contributed by atoms with E-state index in [1.54, 1.807) is 0 Å². The summed E-state index contributed by atoms with van der Waals surface area (Å²) in [6.45, 7) is 3.08. The molecule has 0 saturated heterocycles. The lowest BCUT2D eigenvalue weighted by Crippen LogP contribution is -2.23. The Kier molecular flexibility index (Phi) is 5.81. The molecule has 3 aromatic rings. The molecule has 1 heterocycles. The molecule has 0 spiro atoms. The van der Waals surface area contributed by atoms with Gasteiger partial charge in [0.2, 0.25) is 5.95 Å². The lowest BCUT2D eigenvalue weighted by Gasteiger charge is -2.07. The normalized spacial score (nSPS) is 10.4. The monoisotopic (exact) mass is 366 g/mol. The molecule has 1 amide bonds. The van der Waals surface area contributed by atoms with Crippen LogP contribution < -0.4 is 10.6 Å². The van der Waals surface area contributed by atoms with Crippen LogP contribution in [0.2, 0.25) is 5.02 Å². The number of amides is 1. The molecule has 1 aromatic heterocycles. The summed E-state index contributed by atoms with van der Waals surface area (Å²) in [4.78, 5) is 20.6. The highest BCUT2D eigenvalue weighted by Gasteiger charge is 2.07. The van der Waals surface area contributed by atoms with E-state index in [0.29, 0.717) is 29.6 Å². The van der Waals surface area contributed by atoms with Gasteiger partial charge in [0.15, 0.2) is 0 Å². The van der Waals surface area contributed by atoms with Gasteiger partial charge in [-0.05, 0) is 30.2 Å². The number of aromatic nitrogens is 2. The fraction of sp³-hybridized carbons (Fsp3) is 0.150. The van der Waals surface area contributed by atoms with Crippen molar-refractivity contribution in [3.63, 3.8) is 0 Å². The van der Waals surface area contributed by atoms with E-state index in [-0.39, 0.29) is 5.91 Å². The van der Waals surface area contributed by atoms with Gasteiger partial charge in [0.05, 0.1) is 5.56 Å². The van der Waals surface area contributed by atoms with Gasteiger partial charge in [0, 0.05) is 30.5 Å². The maximum absolute atomic E-state index is 12.2. The van der Waals surface area contributed by atoms with Crippen LogP contribution in [0.25, 0.3) is 0 Å². The van der Waals surface area contributed by atoms with Crippen molar-refractivity contribution in [3.05, 3.63) is 88.2 Å². The Balaban J connectivity index is 1.52. The van der Waals surface area contributed by atoms with Gasteiger partial charge >= 0.3 is 0 Å². The van der Waals surface area contributed by atoms with Gasteiger partial charge in [0.25, 0.3) is 5.91 Å². The van der Waals surface area contributed by atoms with Crippen molar-refractivity contribution < 1.29 is 4.79 Å². The Morgan fingerprint density at radius 2 is 1.50 bits per heavy atom. The minimum atomic E-state index is -0.199. The average Bonchev–Trinajstić information content (AvgIpc) is 2.67. The molecule has 0 fully saturated rings. The molecule has 0 bridgehead atoms. The van der Waals surface area contributed by atoms with Crippen LogP contribution in [-0.2, 0) is 13.1 Å². The van der Waals surface area contributed by atoms with Crippen molar-refractivity contribution in [2.75, 3.05) is 5.32 Å². The minimum absolute atomic E-state index is 0.199. The lowest BCUT2D eigenvalue weighted by molar-refractivity contribution is 0.0950. The van der Waals surface area contributed by atoms with Crippen LogP contribution in [-0.4, -0.2) is 15.9 Å². The number of rotatable bonds is 6. The van der Waals surface area contributed by atoms with Gasteiger partial charge in [-0.1, -0.05) is 53.6 Å². The van der Waals surface area contributed by atoms with E-state index in [9.17, 15) is 4.79 Å². The van der Waals surface area contributed by atoms with Crippen LogP contribution in [0.3, 0.4) is 0 Å². The molecule has 5 nitrogen and oxygen atoms in total. The van der Waals surface area contributed by atoms with Crippen LogP contribution >= 0.6 is 11.6 Å². The predicted molar refractivity (Wildman–Crippen MR) is 103 cm³/mol. The maximum Gasteiger partial charge on any atom is 0.254 e. The summed E-state index contributed by atoms with van der Waals surface area (Å²) in [6, 6.07) is 15.6. The Morgan fingerprint density at radius 1 is 0.923 bits per heavy atom. The molecule has 0 unspecified atom stereocenters. The Morgan fingerprint density at radius 3 is 2.15 bits per heavy atom. The third kappa shape index (κ3) is 5.04. The van der Waals surface area contributed by atoms with Gasteiger partial charge in [-0.25, -0.2) is 9.97 Å². The molecule has 0 aliphatic rings. The third-order valence-corrected chi connectivity index (χ3v) is 4.10. The van der Waals surface area contributed by atoms with E-state index in [0.717, 1.165) is 11.1 Å². The molecule has 2 aromatic carbocycles. The summed E-state index contributed by atoms with van der Waals surface area (Å²) in [5.41, 5.74) is 3.73. The van der Waals surface area contributed by atoms with Gasteiger partial charge < -0.3 is 10.6 Å². The van der Waals surface area contributed by atoms with Crippen molar-refractivity contribution in [1.82, 2.24) is 15.3 Å². The van der Waals surface area contributed by atoms with Gasteiger partial charge in [-0.3, -0.25) is 4.79 Å². The number of hydrogen-bond donors (Lipinski definition) is 2. The number of carbonyl (C=O) groups excluding carboxylic acids is 1. The molecule has 132 valence electrons. The number of benzene rings is 2. The standard InChI is InChI=1S/C20H19ClN4O/c1-14-2-4-15(5-3-14)10-22-19(26)17-12-24-20(25-13-17)23-11-16-6-8-18(21)9-7-16/h2-9,12-13H,10-11H2,1H3,(H,22,26)(H,23,24,25). The Labute approximate surface area is 157 Å². The van der Waals surface area contributed by atoms with Crippen LogP contribution in [0.4, 0.5) is 5.95 Å². The van der Waals surface area contributed by atoms with Crippen molar-refractivity contribution in [2.24, 2.45) is 0 Å². The maximum atomic E-state index is 12.2. The SMILES string of the molecule is Cc1ccc(CNC(=O)c2cnc(NCc3ccc(Cl)cc3)nc2)cc1. The zero-order chi connectivity index (χ0) is 18.4. The Bertz CT molecular complexity index is 862. The van der Waals surface area contributed by atoms with Crippen LogP contribution in [0, 0.1) is 6.92 Å². The fourth-order valence-electron chi connectivity index (χ4n) is 2.31. The summed E-state index contributed by atoms with van der Waals surface area (Å²) in [6.07, 6.45) is 3.03. The molecular weight excluding hydrogens is 348 g/mol. The largest absolute Gasteiger partial charge is 0.350 e. The predicted octanol–water partition coefficient (Wildman–Crippen LogP) is 3.98. The molecule has 0 aliphatic heterocycles. The molecule has 0 atom stereocenters. The number of aryl methyl sites for hydroxylation is 1. The molecule has 6 heteroatoms. The highest BCUT2D eigenvalue weighted by molar-refractivity contribution is 6.30. The molecule has 3 rings (SSSR count). The van der Waals surface area contributed by atoms with E-state index in [1.807, 2.05) is 55.5 Å². The number of hydrogen-bond acceptors (Lipinski definition) is 4. The highest BCUT2D eigenvalue weighted by Crippen LogP contribution is 2.11. The highest BCUT2D eigenvalue weighted by atomic mass is 35.5. The summed E-state index contributed by atoms with van der Waals surface area (Å²) in [5.74, 6) is 0.268. The van der Waals surface area contributed by atoms with Gasteiger partial charge in [-0.15, -0.1) is 0 Å². The lowest BCUT2D eigenvalue weighted by atomic mass is 10.1. The molecule has 0 saturated carbocycles. The van der Waals surface area contributed by atoms with E-state index in [4.69, 9.17) is 11.6 Å². The molecular formula is C20H19ClN4O. The number of halogens is 1. The third-order valence-electron chi connectivity index (χ3n) is 3.85. The van der Waals surface area contributed by atoms with E-state index in [1.165, 1.54) is 18.0 Å². The van der Waals surface area contributed by atoms with Crippen molar-refractivity contribution >= 4 is 23.5 Å². The van der Waals surface area contributed by atoms with Crippen molar-refractivity contribution in [3.8, 4) is 0 Å². The fourth-order valence-corrected chi connectivity index (χ4v) is 2.44. The minimum Gasteiger partial charge on any atom is -0.350 e. The van der Waals surface area contributed by atoms with Crippen molar-refractivity contribution in [2.45, 2.75) is 20.0 Å². The van der Waals surface area contributed by atoms with Crippen LogP contribution in [0.1, 0.15) is 27.0 Å². The van der Waals surface area contributed by atoms with Crippen LogP contribution in [0.15, 0.2) is 60.9 Å². The second-order valence-corrected chi connectivity index (χ2v) is 6.38. The summed E-state index contributed by atoms with van der Waals surface area (Å²) in [5, 5.41) is 6.68. The van der Waals surface area contributed by atoms with Crippen molar-refractivity contribution in [1.29, 1.82) is 0 Å². The first-order valence-corrected chi connectivity index (χ1v) is 8.62. The molecule has 0 aliphatic carbocycles. The first-order valence-electron chi connectivity index (χ1n) is 8.24. The number of carbonyl (C=O) groups is 1. The van der Waals surface area contributed by atoms with Gasteiger partial charge in [0.1, 0.15) is 0 Å². The zero-order valence-electron chi connectivity index (χ0n) is 14.4. The van der Waals surface area contributed by atoms with Crippen LogP contribution in [0.5, 0.6) is 0 Å². The number of nitrogens with zero attached hydrogens (tertiary/aromatic N) is 2. The van der Waals surface area contributed by atoms with Gasteiger partial charge in [-0.2, -0.15) is 0 Å². The summed E-state index contributed by atoms with van der Waals surface area (Å²) >= 11 is 5.86. The smallest absolute Gasteiger partial charge is 0.254 e. The quantitative estimate of drug-likeness (QED) is 0.692. The number of anilines is 1. The molecule has 0 radical (unpaired) electrons. The summed E-state index contributed by atoms with van der Waals surface area (Å²) in [7, 11) is 0. The van der Waals surface area contributed by atoms with E-state index >= 15 is 0 Å². The molecule has 26 heavy (non-hydrogen) atoms.